The topological polar surface area (TPSA) is 44.4 Å². The van der Waals surface area contributed by atoms with Gasteiger partial charge in [0.15, 0.2) is 0 Å². The Morgan fingerprint density at radius 3 is 2.75 bits per heavy atom. The van der Waals surface area contributed by atoms with E-state index in [-0.39, 0.29) is 24.1 Å². The summed E-state index contributed by atoms with van der Waals surface area (Å²) in [5, 5.41) is 6.17. The molecule has 112 valence electrons. The van der Waals surface area contributed by atoms with Gasteiger partial charge in [0.05, 0.1) is 6.54 Å². The van der Waals surface area contributed by atoms with Crippen LogP contribution < -0.4 is 10.6 Å². The molecule has 0 unspecified atom stereocenters. The number of rotatable bonds is 4. The standard InChI is InChI=1S/C14H20FN3O.ClH/c15-13-4-2-12(3-5-13)10-17-14(19)11-18-8-1-6-16-7-9-18;/h2-5,16H,1,6-11H2,(H,17,19);1H. The second-order valence-corrected chi connectivity index (χ2v) is 4.78. The summed E-state index contributed by atoms with van der Waals surface area (Å²) in [5.41, 5.74) is 0.910. The number of hydrogen-bond donors (Lipinski definition) is 2. The van der Waals surface area contributed by atoms with E-state index in [1.165, 1.54) is 12.1 Å². The maximum absolute atomic E-state index is 12.7. The lowest BCUT2D eigenvalue weighted by Crippen LogP contribution is -2.38. The zero-order valence-corrected chi connectivity index (χ0v) is 12.2. The fourth-order valence-electron chi connectivity index (χ4n) is 2.12. The Bertz CT molecular complexity index is 405. The summed E-state index contributed by atoms with van der Waals surface area (Å²) in [6.45, 7) is 4.70. The molecule has 1 fully saturated rings. The number of carbonyl (C=O) groups excluding carboxylic acids is 1. The zero-order valence-electron chi connectivity index (χ0n) is 11.4. The molecule has 1 aliphatic heterocycles. The summed E-state index contributed by atoms with van der Waals surface area (Å²) < 4.78 is 12.7. The molecule has 0 radical (unpaired) electrons. The van der Waals surface area contributed by atoms with Crippen LogP contribution in [0.3, 0.4) is 0 Å². The number of hydrogen-bond acceptors (Lipinski definition) is 3. The van der Waals surface area contributed by atoms with Gasteiger partial charge in [-0.25, -0.2) is 4.39 Å². The highest BCUT2D eigenvalue weighted by Gasteiger charge is 2.12. The second kappa shape index (κ2) is 8.89. The van der Waals surface area contributed by atoms with Crippen LogP contribution in [0.15, 0.2) is 24.3 Å². The highest BCUT2D eigenvalue weighted by atomic mass is 35.5. The maximum Gasteiger partial charge on any atom is 0.234 e. The number of benzene rings is 1. The number of carbonyl (C=O) groups is 1. The minimum atomic E-state index is -0.257. The first-order valence-electron chi connectivity index (χ1n) is 6.68. The minimum Gasteiger partial charge on any atom is -0.351 e. The molecule has 0 bridgehead atoms. The molecule has 1 aromatic carbocycles. The summed E-state index contributed by atoms with van der Waals surface area (Å²) in [6, 6.07) is 6.18. The molecule has 0 saturated carbocycles. The molecule has 1 heterocycles. The van der Waals surface area contributed by atoms with Crippen molar-refractivity contribution in [3.05, 3.63) is 35.6 Å². The van der Waals surface area contributed by atoms with Crippen LogP contribution in [0.5, 0.6) is 0 Å². The Morgan fingerprint density at radius 1 is 1.25 bits per heavy atom. The van der Waals surface area contributed by atoms with Crippen molar-refractivity contribution in [2.45, 2.75) is 13.0 Å². The van der Waals surface area contributed by atoms with Crippen LogP contribution in [0, 0.1) is 5.82 Å². The van der Waals surface area contributed by atoms with E-state index in [1.54, 1.807) is 12.1 Å². The molecule has 20 heavy (non-hydrogen) atoms. The van der Waals surface area contributed by atoms with Gasteiger partial charge in [0.25, 0.3) is 0 Å². The van der Waals surface area contributed by atoms with Gasteiger partial charge in [0.1, 0.15) is 5.82 Å². The van der Waals surface area contributed by atoms with Gasteiger partial charge in [-0.05, 0) is 37.2 Å². The first-order valence-corrected chi connectivity index (χ1v) is 6.68. The van der Waals surface area contributed by atoms with Crippen molar-refractivity contribution in [1.29, 1.82) is 0 Å². The SMILES string of the molecule is Cl.O=C(CN1CCCNCC1)NCc1ccc(F)cc1. The molecule has 0 aromatic heterocycles. The molecular formula is C14H21ClFN3O. The van der Waals surface area contributed by atoms with Gasteiger partial charge in [0, 0.05) is 19.6 Å². The number of nitrogens with one attached hydrogen (secondary N) is 2. The van der Waals surface area contributed by atoms with Gasteiger partial charge >= 0.3 is 0 Å². The third-order valence-electron chi connectivity index (χ3n) is 3.20. The molecule has 1 aliphatic rings. The summed E-state index contributed by atoms with van der Waals surface area (Å²) in [5.74, 6) is -0.238. The monoisotopic (exact) mass is 301 g/mol. The van der Waals surface area contributed by atoms with Gasteiger partial charge in [-0.3, -0.25) is 9.69 Å². The molecule has 0 spiro atoms. The van der Waals surface area contributed by atoms with Gasteiger partial charge in [-0.15, -0.1) is 12.4 Å². The molecule has 2 rings (SSSR count). The van der Waals surface area contributed by atoms with Crippen LogP contribution in [0.2, 0.25) is 0 Å². The third-order valence-corrected chi connectivity index (χ3v) is 3.20. The van der Waals surface area contributed by atoms with Crippen LogP contribution in [0.25, 0.3) is 0 Å². The van der Waals surface area contributed by atoms with E-state index in [9.17, 15) is 9.18 Å². The van der Waals surface area contributed by atoms with Gasteiger partial charge in [-0.1, -0.05) is 12.1 Å². The Morgan fingerprint density at radius 2 is 2.00 bits per heavy atom. The fourth-order valence-corrected chi connectivity index (χ4v) is 2.12. The molecule has 6 heteroatoms. The average Bonchev–Trinajstić information content (AvgIpc) is 2.67. The molecule has 4 nitrogen and oxygen atoms in total. The lowest BCUT2D eigenvalue weighted by molar-refractivity contribution is -0.122. The van der Waals surface area contributed by atoms with Crippen molar-refractivity contribution < 1.29 is 9.18 Å². The van der Waals surface area contributed by atoms with Crippen LogP contribution in [0.1, 0.15) is 12.0 Å². The Kier molecular flexibility index (Phi) is 7.51. The maximum atomic E-state index is 12.7. The molecule has 1 amide bonds. The highest BCUT2D eigenvalue weighted by molar-refractivity contribution is 5.85. The van der Waals surface area contributed by atoms with Crippen molar-refractivity contribution in [3.63, 3.8) is 0 Å². The van der Waals surface area contributed by atoms with Crippen molar-refractivity contribution in [1.82, 2.24) is 15.5 Å². The molecule has 0 aliphatic carbocycles. The Labute approximate surface area is 125 Å². The predicted molar refractivity (Wildman–Crippen MR) is 79.4 cm³/mol. The second-order valence-electron chi connectivity index (χ2n) is 4.78. The van der Waals surface area contributed by atoms with Gasteiger partial charge < -0.3 is 10.6 Å². The largest absolute Gasteiger partial charge is 0.351 e. The quantitative estimate of drug-likeness (QED) is 0.877. The van der Waals surface area contributed by atoms with Crippen molar-refractivity contribution in [3.8, 4) is 0 Å². The zero-order chi connectivity index (χ0) is 13.5. The summed E-state index contributed by atoms with van der Waals surface area (Å²) >= 11 is 0. The molecule has 0 atom stereocenters. The van der Waals surface area contributed by atoms with Crippen LogP contribution >= 0.6 is 12.4 Å². The predicted octanol–water partition coefficient (Wildman–Crippen LogP) is 1.16. The molecule has 2 N–H and O–H groups in total. The van der Waals surface area contributed by atoms with Crippen LogP contribution in [-0.4, -0.2) is 43.5 Å². The average molecular weight is 302 g/mol. The van der Waals surface area contributed by atoms with Crippen LogP contribution in [0.4, 0.5) is 4.39 Å². The fraction of sp³-hybridized carbons (Fsp3) is 0.500. The van der Waals surface area contributed by atoms with Crippen molar-refractivity contribution in [2.24, 2.45) is 0 Å². The molecule has 1 aromatic rings. The smallest absolute Gasteiger partial charge is 0.234 e. The molecule has 1 saturated heterocycles. The van der Waals surface area contributed by atoms with E-state index in [0.29, 0.717) is 13.1 Å². The van der Waals surface area contributed by atoms with E-state index < -0.39 is 0 Å². The first-order chi connectivity index (χ1) is 9.24. The summed E-state index contributed by atoms with van der Waals surface area (Å²) in [6.07, 6.45) is 1.07. The lowest BCUT2D eigenvalue weighted by Gasteiger charge is -2.18. The van der Waals surface area contributed by atoms with Crippen LogP contribution in [-0.2, 0) is 11.3 Å². The van der Waals surface area contributed by atoms with Crippen molar-refractivity contribution >= 4 is 18.3 Å². The summed E-state index contributed by atoms with van der Waals surface area (Å²) in [7, 11) is 0. The van der Waals surface area contributed by atoms with E-state index in [1.807, 2.05) is 0 Å². The Hall–Kier alpha value is -1.17. The minimum absolute atomic E-state index is 0. The normalized spacial score (nSPS) is 16.1. The van der Waals surface area contributed by atoms with E-state index in [0.717, 1.165) is 38.2 Å². The number of amides is 1. The van der Waals surface area contributed by atoms with E-state index >= 15 is 0 Å². The third kappa shape index (κ3) is 5.86. The van der Waals surface area contributed by atoms with Gasteiger partial charge in [0.2, 0.25) is 5.91 Å². The Balaban J connectivity index is 0.00000200. The van der Waals surface area contributed by atoms with Gasteiger partial charge in [-0.2, -0.15) is 0 Å². The first kappa shape index (κ1) is 16.9. The lowest BCUT2D eigenvalue weighted by atomic mass is 10.2. The highest BCUT2D eigenvalue weighted by Crippen LogP contribution is 2.02. The summed E-state index contributed by atoms with van der Waals surface area (Å²) in [4.78, 5) is 14.0. The number of halogens is 2. The van der Waals surface area contributed by atoms with E-state index in [4.69, 9.17) is 0 Å². The number of nitrogens with zero attached hydrogens (tertiary/aromatic N) is 1. The molecular weight excluding hydrogens is 281 g/mol. The van der Waals surface area contributed by atoms with Crippen molar-refractivity contribution in [2.75, 3.05) is 32.7 Å². The van der Waals surface area contributed by atoms with E-state index in [2.05, 4.69) is 15.5 Å².